The van der Waals surface area contributed by atoms with Gasteiger partial charge in [-0.15, -0.1) is 0 Å². The van der Waals surface area contributed by atoms with Crippen LogP contribution >= 0.6 is 0 Å². The van der Waals surface area contributed by atoms with Gasteiger partial charge >= 0.3 is 0 Å². The Morgan fingerprint density at radius 1 is 1.24 bits per heavy atom. The van der Waals surface area contributed by atoms with Gasteiger partial charge in [0.15, 0.2) is 23.4 Å². The third-order valence-corrected chi connectivity index (χ3v) is 8.85. The van der Waals surface area contributed by atoms with Crippen molar-refractivity contribution in [2.24, 2.45) is 5.92 Å². The van der Waals surface area contributed by atoms with Crippen LogP contribution in [0.15, 0.2) is 36.5 Å². The number of phenolic OH excluding ortho intramolecular Hbond substituents is 1. The highest BCUT2D eigenvalue weighted by Gasteiger charge is 2.74. The fraction of sp³-hybridized carbons (Fsp3) is 0.500. The van der Waals surface area contributed by atoms with Gasteiger partial charge in [-0.05, 0) is 68.3 Å². The number of phenols is 1. The zero-order valence-corrected chi connectivity index (χ0v) is 18.4. The number of aromatic nitrogens is 1. The van der Waals surface area contributed by atoms with Crippen LogP contribution < -0.4 is 10.1 Å². The van der Waals surface area contributed by atoms with E-state index in [0.29, 0.717) is 24.3 Å². The summed E-state index contributed by atoms with van der Waals surface area (Å²) in [5, 5.41) is 14.1. The number of rotatable bonds is 4. The Kier molecular flexibility index (Phi) is 3.89. The van der Waals surface area contributed by atoms with Gasteiger partial charge in [0.1, 0.15) is 5.69 Å². The second-order valence-electron chi connectivity index (χ2n) is 10.4. The van der Waals surface area contributed by atoms with E-state index in [1.54, 1.807) is 24.4 Å². The maximum Gasteiger partial charge on any atom is 0.270 e. The zero-order valence-electron chi connectivity index (χ0n) is 18.4. The van der Waals surface area contributed by atoms with Crippen LogP contribution in [-0.2, 0) is 16.6 Å². The van der Waals surface area contributed by atoms with E-state index in [1.165, 1.54) is 12.8 Å². The average Bonchev–Trinajstić information content (AvgIpc) is 3.57. The molecule has 2 bridgehead atoms. The summed E-state index contributed by atoms with van der Waals surface area (Å²) in [6.45, 7) is 1.89. The van der Waals surface area contributed by atoms with Crippen molar-refractivity contribution < 1.29 is 19.4 Å². The van der Waals surface area contributed by atoms with Crippen molar-refractivity contribution in [2.45, 2.75) is 61.6 Å². The second-order valence-corrected chi connectivity index (χ2v) is 10.4. The highest BCUT2D eigenvalue weighted by atomic mass is 16.5. The fourth-order valence-electron chi connectivity index (χ4n) is 7.33. The van der Waals surface area contributed by atoms with Crippen LogP contribution in [0.5, 0.6) is 11.5 Å². The lowest BCUT2D eigenvalue weighted by Crippen LogP contribution is -2.82. The monoisotopic (exact) mass is 445 g/mol. The van der Waals surface area contributed by atoms with Gasteiger partial charge in [-0.2, -0.15) is 0 Å². The normalized spacial score (nSPS) is 33.9. The van der Waals surface area contributed by atoms with Crippen molar-refractivity contribution in [3.05, 3.63) is 53.3 Å². The number of pyridine rings is 1. The number of carbonyl (C=O) groups excluding carboxylic acids is 2. The van der Waals surface area contributed by atoms with Crippen LogP contribution in [0.3, 0.4) is 0 Å². The molecule has 3 fully saturated rings. The van der Waals surface area contributed by atoms with Crippen molar-refractivity contribution in [2.75, 3.05) is 13.1 Å². The average molecular weight is 446 g/mol. The van der Waals surface area contributed by atoms with Crippen molar-refractivity contribution in [3.8, 4) is 11.5 Å². The summed E-state index contributed by atoms with van der Waals surface area (Å²) < 4.78 is 6.28. The predicted molar refractivity (Wildman–Crippen MR) is 119 cm³/mol. The molecule has 2 aromatic rings. The molecule has 33 heavy (non-hydrogen) atoms. The van der Waals surface area contributed by atoms with Crippen LogP contribution in [0.1, 0.15) is 53.7 Å². The van der Waals surface area contributed by atoms with Crippen LogP contribution in [-0.4, -0.2) is 57.5 Å². The molecule has 4 atom stereocenters. The van der Waals surface area contributed by atoms with Crippen molar-refractivity contribution in [1.82, 2.24) is 15.2 Å². The highest BCUT2D eigenvalue weighted by molar-refractivity contribution is 5.95. The Labute approximate surface area is 192 Å². The molecule has 1 amide bonds. The number of nitrogens with one attached hydrogen (secondary N) is 1. The summed E-state index contributed by atoms with van der Waals surface area (Å²) >= 11 is 0. The molecular formula is C26H27N3O4. The van der Waals surface area contributed by atoms with Crippen LogP contribution in [0.25, 0.3) is 0 Å². The van der Waals surface area contributed by atoms with E-state index in [9.17, 15) is 14.7 Å². The summed E-state index contributed by atoms with van der Waals surface area (Å²) in [7, 11) is 0. The number of likely N-dealkylation sites (tertiary alicyclic amines) is 1. The number of amides is 1. The predicted octanol–water partition coefficient (Wildman–Crippen LogP) is 2.36. The van der Waals surface area contributed by atoms with E-state index in [0.717, 1.165) is 43.0 Å². The molecule has 2 N–H and O–H groups in total. The maximum atomic E-state index is 13.5. The molecule has 3 aliphatic carbocycles. The Hall–Kier alpha value is -2.93. The van der Waals surface area contributed by atoms with E-state index in [-0.39, 0.29) is 23.5 Å². The first-order valence-corrected chi connectivity index (χ1v) is 12.1. The number of ketones is 1. The van der Waals surface area contributed by atoms with E-state index >= 15 is 0 Å². The number of benzene rings is 1. The summed E-state index contributed by atoms with van der Waals surface area (Å²) in [6, 6.07) is 9.09. The smallest absolute Gasteiger partial charge is 0.270 e. The van der Waals surface area contributed by atoms with Gasteiger partial charge < -0.3 is 15.2 Å². The number of hydrogen-bond acceptors (Lipinski definition) is 6. The first-order valence-electron chi connectivity index (χ1n) is 12.1. The topological polar surface area (TPSA) is 91.8 Å². The number of nitrogens with zero attached hydrogens (tertiary/aromatic N) is 2. The quantitative estimate of drug-likeness (QED) is 0.751. The van der Waals surface area contributed by atoms with Crippen LogP contribution in [0, 0.1) is 5.92 Å². The molecular weight excluding hydrogens is 418 g/mol. The molecule has 7 heteroatoms. The van der Waals surface area contributed by atoms with Gasteiger partial charge in [0.2, 0.25) is 0 Å². The van der Waals surface area contributed by atoms with Crippen LogP contribution in [0.2, 0.25) is 0 Å². The van der Waals surface area contributed by atoms with Gasteiger partial charge in [-0.25, -0.2) is 0 Å². The van der Waals surface area contributed by atoms with Crippen molar-refractivity contribution in [1.29, 1.82) is 0 Å². The van der Waals surface area contributed by atoms with Gasteiger partial charge in [-0.1, -0.05) is 12.1 Å². The van der Waals surface area contributed by atoms with E-state index in [1.807, 2.05) is 12.1 Å². The maximum absolute atomic E-state index is 13.5. The molecule has 7 nitrogen and oxygen atoms in total. The number of hydrogen-bond donors (Lipinski definition) is 2. The van der Waals surface area contributed by atoms with Crippen molar-refractivity contribution >= 4 is 11.7 Å². The molecule has 1 unspecified atom stereocenters. The molecule has 7 rings (SSSR count). The zero-order chi connectivity index (χ0) is 22.4. The number of piperidine rings is 1. The Bertz CT molecular complexity index is 1180. The molecule has 1 aromatic heterocycles. The summed E-state index contributed by atoms with van der Waals surface area (Å²) in [5.74, 6) is 1.10. The van der Waals surface area contributed by atoms with E-state index < -0.39 is 17.1 Å². The molecule has 2 aliphatic heterocycles. The molecule has 1 saturated heterocycles. The standard InChI is InChI=1S/C26H27N3O4/c30-18-7-6-16-13-20-26(28-24(32)17-3-1-2-11-27-17)9-8-19(31)23-25(26,21(16)22(18)33-23)10-12-29(20)14-15-4-5-15/h1-3,6-7,11,15,20,23,30H,4-5,8-10,12-14H2,(H,28,32)/t20?,23-,25-,26+/m0/s1. The number of aromatic hydroxyl groups is 1. The number of carbonyl (C=O) groups is 2. The van der Waals surface area contributed by atoms with Gasteiger partial charge in [0.25, 0.3) is 5.91 Å². The first-order chi connectivity index (χ1) is 16.0. The van der Waals surface area contributed by atoms with Gasteiger partial charge in [0, 0.05) is 30.8 Å². The Morgan fingerprint density at radius 2 is 2.12 bits per heavy atom. The van der Waals surface area contributed by atoms with Gasteiger partial charge in [0.05, 0.1) is 11.0 Å². The van der Waals surface area contributed by atoms with Gasteiger partial charge in [-0.3, -0.25) is 19.5 Å². The lowest BCUT2D eigenvalue weighted by Gasteiger charge is -2.65. The molecule has 5 aliphatic rings. The minimum Gasteiger partial charge on any atom is -0.504 e. The number of ether oxygens (including phenoxy) is 1. The first kappa shape index (κ1) is 19.5. The second kappa shape index (κ2) is 6.56. The lowest BCUT2D eigenvalue weighted by molar-refractivity contribution is -0.143. The Morgan fingerprint density at radius 3 is 2.91 bits per heavy atom. The third-order valence-electron chi connectivity index (χ3n) is 8.85. The van der Waals surface area contributed by atoms with Crippen molar-refractivity contribution in [3.63, 3.8) is 0 Å². The molecule has 170 valence electrons. The SMILES string of the molecule is O=C(N[C@@]12CCC(=O)[C@@H]3Oc4c(O)ccc5c4[C@@]31CCN(CC1CC1)C2C5)c1ccccn1. The third kappa shape index (κ3) is 2.46. The summed E-state index contributed by atoms with van der Waals surface area (Å²) in [6.07, 6.45) is 5.90. The minimum absolute atomic E-state index is 0.0653. The fourth-order valence-corrected chi connectivity index (χ4v) is 7.33. The summed E-state index contributed by atoms with van der Waals surface area (Å²) in [4.78, 5) is 33.6. The molecule has 1 aromatic carbocycles. The largest absolute Gasteiger partial charge is 0.504 e. The number of Topliss-reactive ketones (excluding diaryl/α,β-unsaturated/α-hetero) is 1. The highest BCUT2D eigenvalue weighted by Crippen LogP contribution is 2.65. The molecule has 0 radical (unpaired) electrons. The lowest BCUT2D eigenvalue weighted by atomic mass is 9.47. The van der Waals surface area contributed by atoms with Crippen LogP contribution in [0.4, 0.5) is 0 Å². The summed E-state index contributed by atoms with van der Waals surface area (Å²) in [5.41, 5.74) is 1.14. The van der Waals surface area contributed by atoms with E-state index in [2.05, 4.69) is 15.2 Å². The Balaban J connectivity index is 1.43. The molecule has 1 spiro atoms. The van der Waals surface area contributed by atoms with E-state index in [4.69, 9.17) is 4.74 Å². The molecule has 3 heterocycles. The molecule has 2 saturated carbocycles. The minimum atomic E-state index is -0.678.